The monoisotopic (exact) mass is 126 g/mol. The Hall–Kier alpha value is -0.920. The highest BCUT2D eigenvalue weighted by Crippen LogP contribution is 1.92. The Morgan fingerprint density at radius 3 is 2.11 bits per heavy atom. The van der Waals surface area contributed by atoms with Crippen molar-refractivity contribution >= 4 is 0 Å². The van der Waals surface area contributed by atoms with Crippen LogP contribution in [0.3, 0.4) is 0 Å². The number of hydrogen-bond donors (Lipinski definition) is 2. The smallest absolute Gasteiger partial charge is 0.0207 e. The highest BCUT2D eigenvalue weighted by Gasteiger charge is 1.82. The molecule has 1 aliphatic heterocycles. The summed E-state index contributed by atoms with van der Waals surface area (Å²) in [5, 5.41) is 0. The van der Waals surface area contributed by atoms with Crippen molar-refractivity contribution in [2.24, 2.45) is 0 Å². The van der Waals surface area contributed by atoms with Gasteiger partial charge in [0, 0.05) is 12.4 Å². The van der Waals surface area contributed by atoms with Crippen molar-refractivity contribution in [2.45, 2.75) is 20.8 Å². The molecule has 0 spiro atoms. The summed E-state index contributed by atoms with van der Waals surface area (Å²) in [6, 6.07) is 0. The molecule has 0 aromatic carbocycles. The van der Waals surface area contributed by atoms with Gasteiger partial charge in [0.2, 0.25) is 0 Å². The van der Waals surface area contributed by atoms with Crippen molar-refractivity contribution in [3.63, 3.8) is 0 Å². The molecular formula is C7H14N2. The second kappa shape index (κ2) is 5.22. The molecule has 52 valence electrons. The lowest BCUT2D eigenvalue weighted by molar-refractivity contribution is 0.759. The summed E-state index contributed by atoms with van der Waals surface area (Å²) in [6.45, 7) is 6.03. The van der Waals surface area contributed by atoms with Gasteiger partial charge in [-0.15, -0.1) is 0 Å². The molecule has 0 aromatic heterocycles. The van der Waals surface area contributed by atoms with Gasteiger partial charge in [0.25, 0.3) is 0 Å². The highest BCUT2D eigenvalue weighted by molar-refractivity contribution is 5.16. The molecule has 0 bridgehead atoms. The maximum Gasteiger partial charge on any atom is 0.0207 e. The van der Waals surface area contributed by atoms with E-state index in [2.05, 4.69) is 10.9 Å². The first-order valence-electron chi connectivity index (χ1n) is 3.24. The quantitative estimate of drug-likeness (QED) is 0.514. The molecule has 0 saturated carbocycles. The third-order valence-corrected chi connectivity index (χ3v) is 0.813. The molecule has 0 radical (unpaired) electrons. The van der Waals surface area contributed by atoms with Crippen LogP contribution in [0.2, 0.25) is 0 Å². The Bertz CT molecular complexity index is 114. The molecule has 9 heavy (non-hydrogen) atoms. The van der Waals surface area contributed by atoms with Gasteiger partial charge in [-0.2, -0.15) is 0 Å². The number of nitrogens with one attached hydrogen (secondary N) is 2. The van der Waals surface area contributed by atoms with Gasteiger partial charge in [0.1, 0.15) is 0 Å². The minimum atomic E-state index is 1.23. The van der Waals surface area contributed by atoms with Crippen molar-refractivity contribution in [1.29, 1.82) is 0 Å². The average molecular weight is 126 g/mol. The van der Waals surface area contributed by atoms with E-state index in [0.717, 1.165) is 0 Å². The zero-order chi connectivity index (χ0) is 7.11. The van der Waals surface area contributed by atoms with Crippen LogP contribution in [0.4, 0.5) is 0 Å². The zero-order valence-corrected chi connectivity index (χ0v) is 6.23. The fourth-order valence-corrected chi connectivity index (χ4v) is 0.425. The Morgan fingerprint density at radius 1 is 1.22 bits per heavy atom. The average Bonchev–Trinajstić information content (AvgIpc) is 1.94. The first-order valence-corrected chi connectivity index (χ1v) is 3.24. The predicted molar refractivity (Wildman–Crippen MR) is 40.5 cm³/mol. The normalized spacial score (nSPS) is 13.9. The van der Waals surface area contributed by atoms with Crippen molar-refractivity contribution in [2.75, 3.05) is 0 Å². The third-order valence-electron chi connectivity index (χ3n) is 0.813. The van der Waals surface area contributed by atoms with Crippen LogP contribution in [0, 0.1) is 0 Å². The third kappa shape index (κ3) is 3.64. The molecule has 0 fully saturated rings. The van der Waals surface area contributed by atoms with E-state index in [-0.39, 0.29) is 0 Å². The molecular weight excluding hydrogens is 112 g/mol. The van der Waals surface area contributed by atoms with E-state index >= 15 is 0 Å². The SMILES string of the molecule is CC.CC1=CNNC=C1. The maximum atomic E-state index is 2.84. The Kier molecular flexibility index (Phi) is 4.69. The number of rotatable bonds is 0. The topological polar surface area (TPSA) is 24.1 Å². The summed E-state index contributed by atoms with van der Waals surface area (Å²) in [7, 11) is 0. The van der Waals surface area contributed by atoms with Crippen LogP contribution in [-0.2, 0) is 0 Å². The van der Waals surface area contributed by atoms with E-state index in [4.69, 9.17) is 0 Å². The lowest BCUT2D eigenvalue weighted by atomic mass is 10.3. The summed E-state index contributed by atoms with van der Waals surface area (Å²) < 4.78 is 0. The van der Waals surface area contributed by atoms with E-state index in [1.54, 1.807) is 0 Å². The molecule has 1 heterocycles. The van der Waals surface area contributed by atoms with Crippen molar-refractivity contribution in [3.8, 4) is 0 Å². The Labute approximate surface area is 56.6 Å². The van der Waals surface area contributed by atoms with Crippen molar-refractivity contribution < 1.29 is 0 Å². The molecule has 2 heteroatoms. The van der Waals surface area contributed by atoms with Gasteiger partial charge in [0.05, 0.1) is 0 Å². The standard InChI is InChI=1S/C5H8N2.C2H6/c1-5-2-3-6-7-4-5;1-2/h2-4,6-7H,1H3;1-2H3. The van der Waals surface area contributed by atoms with Gasteiger partial charge in [-0.1, -0.05) is 13.8 Å². The molecule has 1 rings (SSSR count). The second-order valence-electron chi connectivity index (χ2n) is 1.51. The van der Waals surface area contributed by atoms with Gasteiger partial charge >= 0.3 is 0 Å². The highest BCUT2D eigenvalue weighted by atomic mass is 15.3. The van der Waals surface area contributed by atoms with Gasteiger partial charge in [-0.3, -0.25) is 0 Å². The Balaban J connectivity index is 0.000000291. The number of hydrogen-bond acceptors (Lipinski definition) is 2. The van der Waals surface area contributed by atoms with E-state index in [0.29, 0.717) is 0 Å². The summed E-state index contributed by atoms with van der Waals surface area (Å²) in [4.78, 5) is 0. The molecule has 0 atom stereocenters. The molecule has 0 amide bonds. The van der Waals surface area contributed by atoms with Crippen LogP contribution in [-0.4, -0.2) is 0 Å². The van der Waals surface area contributed by atoms with E-state index in [9.17, 15) is 0 Å². The van der Waals surface area contributed by atoms with Crippen LogP contribution in [0.1, 0.15) is 20.8 Å². The van der Waals surface area contributed by atoms with Crippen LogP contribution in [0.15, 0.2) is 24.0 Å². The minimum Gasteiger partial charge on any atom is -0.309 e. The van der Waals surface area contributed by atoms with Crippen molar-refractivity contribution in [1.82, 2.24) is 10.9 Å². The maximum absolute atomic E-state index is 2.84. The molecule has 2 nitrogen and oxygen atoms in total. The van der Waals surface area contributed by atoms with E-state index < -0.39 is 0 Å². The van der Waals surface area contributed by atoms with Gasteiger partial charge < -0.3 is 10.9 Å². The lowest BCUT2D eigenvalue weighted by Crippen LogP contribution is -2.22. The van der Waals surface area contributed by atoms with Crippen molar-refractivity contribution in [3.05, 3.63) is 24.0 Å². The van der Waals surface area contributed by atoms with E-state index in [1.165, 1.54) is 5.57 Å². The molecule has 0 aromatic rings. The van der Waals surface area contributed by atoms with Crippen LogP contribution < -0.4 is 10.9 Å². The Morgan fingerprint density at radius 2 is 1.89 bits per heavy atom. The van der Waals surface area contributed by atoms with E-state index in [1.807, 2.05) is 39.2 Å². The molecule has 1 aliphatic rings. The van der Waals surface area contributed by atoms with Crippen LogP contribution in [0.25, 0.3) is 0 Å². The summed E-state index contributed by atoms with van der Waals surface area (Å²) >= 11 is 0. The summed E-state index contributed by atoms with van der Waals surface area (Å²) in [6.07, 6.45) is 5.76. The van der Waals surface area contributed by atoms with Gasteiger partial charge in [-0.05, 0) is 18.6 Å². The van der Waals surface area contributed by atoms with Crippen LogP contribution >= 0.6 is 0 Å². The summed E-state index contributed by atoms with van der Waals surface area (Å²) in [5.74, 6) is 0. The minimum absolute atomic E-state index is 1.23. The predicted octanol–water partition coefficient (Wildman–Crippen LogP) is 1.54. The van der Waals surface area contributed by atoms with Crippen LogP contribution in [0.5, 0.6) is 0 Å². The van der Waals surface area contributed by atoms with Gasteiger partial charge in [0.15, 0.2) is 0 Å². The molecule has 0 unspecified atom stereocenters. The molecule has 2 N–H and O–H groups in total. The fraction of sp³-hybridized carbons (Fsp3) is 0.429. The number of allylic oxidation sites excluding steroid dienone is 2. The lowest BCUT2D eigenvalue weighted by Gasteiger charge is -2.04. The summed E-state index contributed by atoms with van der Waals surface area (Å²) in [5.41, 5.74) is 6.88. The second-order valence-corrected chi connectivity index (χ2v) is 1.51. The largest absolute Gasteiger partial charge is 0.309 e. The number of hydrazine groups is 1. The first kappa shape index (κ1) is 8.08. The van der Waals surface area contributed by atoms with Gasteiger partial charge in [-0.25, -0.2) is 0 Å². The fourth-order valence-electron chi connectivity index (χ4n) is 0.425. The molecule has 0 aliphatic carbocycles. The first-order chi connectivity index (χ1) is 4.39. The zero-order valence-electron chi connectivity index (χ0n) is 6.23. The molecule has 0 saturated heterocycles.